The summed E-state index contributed by atoms with van der Waals surface area (Å²) >= 11 is 5.40. The third kappa shape index (κ3) is 6.57. The van der Waals surface area contributed by atoms with E-state index in [2.05, 4.69) is 20.3 Å². The number of likely N-dealkylation sites (N-methyl/N-ethyl adjacent to an activating group) is 1. The highest BCUT2D eigenvalue weighted by molar-refractivity contribution is 7.80. The highest BCUT2D eigenvalue weighted by Crippen LogP contribution is 2.24. The van der Waals surface area contributed by atoms with Crippen LogP contribution >= 0.6 is 12.2 Å². The van der Waals surface area contributed by atoms with Crippen LogP contribution in [0.3, 0.4) is 0 Å². The molecule has 26 heavy (non-hydrogen) atoms. The first-order chi connectivity index (χ1) is 12.5. The standard InChI is InChI=1S/C19H23F2N3OS/c1-24(2)13-12-22-19(26)23-17(14-6-4-3-5-7-14)15-8-10-16(11-9-15)25-18(20)21/h3-11,17-18H,12-13H2,1-2H3,(H2,22,23,26)/t17-/m0/s1. The predicted octanol–water partition coefficient (Wildman–Crippen LogP) is 3.40. The van der Waals surface area contributed by atoms with Crippen LogP contribution in [0, 0.1) is 0 Å². The van der Waals surface area contributed by atoms with Crippen molar-refractivity contribution in [2.24, 2.45) is 0 Å². The summed E-state index contributed by atoms with van der Waals surface area (Å²) in [4.78, 5) is 2.06. The third-order valence-corrected chi connectivity index (χ3v) is 3.95. The van der Waals surface area contributed by atoms with Crippen LogP contribution in [-0.4, -0.2) is 43.8 Å². The maximum Gasteiger partial charge on any atom is 0.387 e. The molecule has 0 heterocycles. The molecule has 0 amide bonds. The zero-order valence-corrected chi connectivity index (χ0v) is 15.6. The van der Waals surface area contributed by atoms with Gasteiger partial charge in [-0.25, -0.2) is 0 Å². The number of alkyl halides is 2. The minimum absolute atomic E-state index is 0.127. The summed E-state index contributed by atoms with van der Waals surface area (Å²) in [6, 6.07) is 16.2. The van der Waals surface area contributed by atoms with Gasteiger partial charge in [0.15, 0.2) is 5.11 Å². The molecule has 0 aromatic heterocycles. The fourth-order valence-electron chi connectivity index (χ4n) is 2.42. The van der Waals surface area contributed by atoms with Gasteiger partial charge in [-0.15, -0.1) is 0 Å². The first-order valence-corrected chi connectivity index (χ1v) is 8.65. The Morgan fingerprint density at radius 3 is 2.23 bits per heavy atom. The lowest BCUT2D eigenvalue weighted by atomic mass is 9.99. The van der Waals surface area contributed by atoms with Crippen molar-refractivity contribution in [2.45, 2.75) is 12.7 Å². The second kappa shape index (κ2) is 10.0. The first-order valence-electron chi connectivity index (χ1n) is 8.24. The summed E-state index contributed by atoms with van der Waals surface area (Å²) in [5.41, 5.74) is 1.92. The van der Waals surface area contributed by atoms with Crippen molar-refractivity contribution in [3.63, 3.8) is 0 Å². The molecule has 7 heteroatoms. The van der Waals surface area contributed by atoms with E-state index in [1.54, 1.807) is 12.1 Å². The van der Waals surface area contributed by atoms with Crippen LogP contribution < -0.4 is 15.4 Å². The molecular formula is C19H23F2N3OS. The summed E-state index contributed by atoms with van der Waals surface area (Å²) in [5.74, 6) is 0.127. The predicted molar refractivity (Wildman–Crippen MR) is 104 cm³/mol. The van der Waals surface area contributed by atoms with Gasteiger partial charge in [-0.05, 0) is 49.6 Å². The fraction of sp³-hybridized carbons (Fsp3) is 0.316. The Hall–Kier alpha value is -2.25. The molecule has 2 aromatic carbocycles. The number of nitrogens with one attached hydrogen (secondary N) is 2. The lowest BCUT2D eigenvalue weighted by molar-refractivity contribution is -0.0498. The third-order valence-electron chi connectivity index (χ3n) is 3.69. The van der Waals surface area contributed by atoms with Gasteiger partial charge in [0.05, 0.1) is 6.04 Å². The van der Waals surface area contributed by atoms with Gasteiger partial charge in [0.25, 0.3) is 0 Å². The zero-order chi connectivity index (χ0) is 18.9. The van der Waals surface area contributed by atoms with Gasteiger partial charge >= 0.3 is 6.61 Å². The quantitative estimate of drug-likeness (QED) is 0.688. The number of hydrogen-bond acceptors (Lipinski definition) is 3. The van der Waals surface area contributed by atoms with E-state index in [1.165, 1.54) is 12.1 Å². The van der Waals surface area contributed by atoms with Crippen molar-refractivity contribution in [1.29, 1.82) is 0 Å². The minimum Gasteiger partial charge on any atom is -0.435 e. The Morgan fingerprint density at radius 2 is 1.65 bits per heavy atom. The minimum atomic E-state index is -2.84. The molecule has 0 saturated heterocycles. The van der Waals surface area contributed by atoms with Gasteiger partial charge in [-0.1, -0.05) is 42.5 Å². The molecule has 140 valence electrons. The van der Waals surface area contributed by atoms with Crippen molar-refractivity contribution in [1.82, 2.24) is 15.5 Å². The Bertz CT molecular complexity index is 681. The SMILES string of the molecule is CN(C)CCNC(=S)N[C@@H](c1ccccc1)c1ccc(OC(F)F)cc1. The zero-order valence-electron chi connectivity index (χ0n) is 14.8. The molecule has 0 saturated carbocycles. The smallest absolute Gasteiger partial charge is 0.387 e. The lowest BCUT2D eigenvalue weighted by Gasteiger charge is -2.22. The van der Waals surface area contributed by atoms with Crippen molar-refractivity contribution in [3.05, 3.63) is 65.7 Å². The lowest BCUT2D eigenvalue weighted by Crippen LogP contribution is -2.40. The van der Waals surface area contributed by atoms with Crippen LogP contribution in [0.1, 0.15) is 17.2 Å². The Balaban J connectivity index is 2.13. The Kier molecular flexibility index (Phi) is 7.74. The number of halogens is 2. The summed E-state index contributed by atoms with van der Waals surface area (Å²) in [7, 11) is 3.99. The average Bonchev–Trinajstić information content (AvgIpc) is 2.60. The van der Waals surface area contributed by atoms with E-state index in [0.717, 1.165) is 24.2 Å². The van der Waals surface area contributed by atoms with Crippen LogP contribution in [0.25, 0.3) is 0 Å². The average molecular weight is 379 g/mol. The molecule has 0 fully saturated rings. The molecular weight excluding hydrogens is 356 g/mol. The number of benzene rings is 2. The van der Waals surface area contributed by atoms with Crippen LogP contribution in [0.2, 0.25) is 0 Å². The van der Waals surface area contributed by atoms with Gasteiger partial charge < -0.3 is 20.3 Å². The number of rotatable bonds is 8. The van der Waals surface area contributed by atoms with Crippen LogP contribution in [0.5, 0.6) is 5.75 Å². The van der Waals surface area contributed by atoms with Gasteiger partial charge in [0.1, 0.15) is 5.75 Å². The number of hydrogen-bond donors (Lipinski definition) is 2. The second-order valence-electron chi connectivity index (χ2n) is 5.99. The molecule has 4 nitrogen and oxygen atoms in total. The summed E-state index contributed by atoms with van der Waals surface area (Å²) < 4.78 is 29.1. The Labute approximate surface area is 158 Å². The number of nitrogens with zero attached hydrogens (tertiary/aromatic N) is 1. The van der Waals surface area contributed by atoms with E-state index in [4.69, 9.17) is 12.2 Å². The molecule has 0 spiro atoms. The van der Waals surface area contributed by atoms with Crippen LogP contribution in [-0.2, 0) is 0 Å². The van der Waals surface area contributed by atoms with Crippen molar-refractivity contribution in [3.8, 4) is 5.75 Å². The molecule has 0 bridgehead atoms. The maximum absolute atomic E-state index is 12.3. The monoisotopic (exact) mass is 379 g/mol. The largest absolute Gasteiger partial charge is 0.435 e. The van der Waals surface area contributed by atoms with Gasteiger partial charge in [0.2, 0.25) is 0 Å². The maximum atomic E-state index is 12.3. The Morgan fingerprint density at radius 1 is 1.04 bits per heavy atom. The van der Waals surface area contributed by atoms with E-state index < -0.39 is 6.61 Å². The highest BCUT2D eigenvalue weighted by Gasteiger charge is 2.15. The van der Waals surface area contributed by atoms with Crippen molar-refractivity contribution >= 4 is 17.3 Å². The molecule has 0 aliphatic heterocycles. The van der Waals surface area contributed by atoms with E-state index in [9.17, 15) is 8.78 Å². The normalized spacial score (nSPS) is 12.1. The number of ether oxygens (including phenoxy) is 1. The number of thiocarbonyl (C=S) groups is 1. The molecule has 0 unspecified atom stereocenters. The van der Waals surface area contributed by atoms with Gasteiger partial charge in [0, 0.05) is 13.1 Å². The van der Waals surface area contributed by atoms with E-state index in [0.29, 0.717) is 5.11 Å². The van der Waals surface area contributed by atoms with Crippen molar-refractivity contribution < 1.29 is 13.5 Å². The van der Waals surface area contributed by atoms with E-state index in [-0.39, 0.29) is 11.8 Å². The first kappa shape index (κ1) is 20.1. The molecule has 2 aromatic rings. The molecule has 0 aliphatic carbocycles. The summed E-state index contributed by atoms with van der Waals surface area (Å²) in [6.45, 7) is -1.25. The van der Waals surface area contributed by atoms with Crippen LogP contribution in [0.15, 0.2) is 54.6 Å². The molecule has 2 N–H and O–H groups in total. The topological polar surface area (TPSA) is 36.5 Å². The van der Waals surface area contributed by atoms with Crippen molar-refractivity contribution in [2.75, 3.05) is 27.2 Å². The summed E-state index contributed by atoms with van der Waals surface area (Å²) in [6.07, 6.45) is 0. The summed E-state index contributed by atoms with van der Waals surface area (Å²) in [5, 5.41) is 7.01. The van der Waals surface area contributed by atoms with Gasteiger partial charge in [-0.3, -0.25) is 0 Å². The van der Waals surface area contributed by atoms with Crippen LogP contribution in [0.4, 0.5) is 8.78 Å². The molecule has 2 rings (SSSR count). The molecule has 0 aliphatic rings. The molecule has 0 radical (unpaired) electrons. The van der Waals surface area contributed by atoms with E-state index in [1.807, 2.05) is 44.4 Å². The van der Waals surface area contributed by atoms with E-state index >= 15 is 0 Å². The molecule has 1 atom stereocenters. The van der Waals surface area contributed by atoms with Gasteiger partial charge in [-0.2, -0.15) is 8.78 Å². The highest BCUT2D eigenvalue weighted by atomic mass is 32.1. The fourth-order valence-corrected chi connectivity index (χ4v) is 2.64. The second-order valence-corrected chi connectivity index (χ2v) is 6.40.